The van der Waals surface area contributed by atoms with Crippen LogP contribution >= 0.6 is 22.9 Å². The largest absolute Gasteiger partial charge is 0.369 e. The first-order chi connectivity index (χ1) is 8.75. The zero-order chi connectivity index (χ0) is 12.5. The normalized spacial score (nSPS) is 19.1. The van der Waals surface area contributed by atoms with Crippen molar-refractivity contribution < 1.29 is 0 Å². The highest BCUT2D eigenvalue weighted by molar-refractivity contribution is 7.07. The van der Waals surface area contributed by atoms with E-state index in [2.05, 4.69) is 9.98 Å². The molecule has 1 aromatic heterocycles. The molecule has 1 unspecified atom stereocenters. The van der Waals surface area contributed by atoms with Gasteiger partial charge in [-0.15, -0.1) is 11.3 Å². The maximum atomic E-state index is 6.02. The Kier molecular flexibility index (Phi) is 2.93. The Morgan fingerprint density at radius 2 is 2.33 bits per heavy atom. The Bertz CT molecular complexity index is 582. The third-order valence-corrected chi connectivity index (χ3v) is 3.70. The minimum absolute atomic E-state index is 0.0646. The maximum absolute atomic E-state index is 6.02. The molecule has 4 nitrogen and oxygen atoms in total. The van der Waals surface area contributed by atoms with Gasteiger partial charge in [0.25, 0.3) is 0 Å². The Balaban J connectivity index is 1.99. The van der Waals surface area contributed by atoms with Gasteiger partial charge in [0, 0.05) is 16.1 Å². The topological polar surface area (TPSA) is 54.5 Å². The maximum Gasteiger partial charge on any atom is 0.196 e. The summed E-state index contributed by atoms with van der Waals surface area (Å²) in [6.07, 6.45) is 0. The van der Waals surface area contributed by atoms with Crippen molar-refractivity contribution in [3.63, 3.8) is 0 Å². The minimum atomic E-state index is 0.0646. The van der Waals surface area contributed by atoms with Gasteiger partial charge >= 0.3 is 0 Å². The first-order valence-corrected chi connectivity index (χ1v) is 6.80. The second-order valence-corrected chi connectivity index (χ2v) is 5.13. The molecule has 1 aliphatic heterocycles. The van der Waals surface area contributed by atoms with Gasteiger partial charge in [0.2, 0.25) is 0 Å². The number of anilines is 1. The van der Waals surface area contributed by atoms with Crippen molar-refractivity contribution in [3.8, 4) is 0 Å². The Morgan fingerprint density at radius 1 is 1.44 bits per heavy atom. The van der Waals surface area contributed by atoms with Gasteiger partial charge < -0.3 is 10.6 Å². The van der Waals surface area contributed by atoms with Crippen LogP contribution in [0, 0.1) is 0 Å². The number of benzene rings is 1. The highest BCUT2D eigenvalue weighted by atomic mass is 35.5. The van der Waals surface area contributed by atoms with E-state index in [0.717, 1.165) is 11.4 Å². The van der Waals surface area contributed by atoms with E-state index in [0.29, 0.717) is 17.5 Å². The molecule has 2 N–H and O–H groups in total. The van der Waals surface area contributed by atoms with E-state index < -0.39 is 0 Å². The average Bonchev–Trinajstić information content (AvgIpc) is 2.97. The molecule has 1 atom stereocenters. The number of nitrogens with zero attached hydrogens (tertiary/aromatic N) is 3. The van der Waals surface area contributed by atoms with Crippen LogP contribution < -0.4 is 10.6 Å². The third-order valence-electron chi connectivity index (χ3n) is 2.86. The summed E-state index contributed by atoms with van der Waals surface area (Å²) in [5, 5.41) is 2.71. The quantitative estimate of drug-likeness (QED) is 0.919. The molecule has 0 amide bonds. The Hall–Kier alpha value is -1.59. The number of thiazole rings is 1. The molecule has 1 aromatic carbocycles. The first kappa shape index (κ1) is 11.5. The molecule has 0 saturated carbocycles. The lowest BCUT2D eigenvalue weighted by molar-refractivity contribution is 0.746. The van der Waals surface area contributed by atoms with Crippen LogP contribution in [0.5, 0.6) is 0 Å². The second-order valence-electron chi connectivity index (χ2n) is 3.98. The Labute approximate surface area is 114 Å². The molecule has 1 aliphatic rings. The molecule has 0 saturated heterocycles. The molecule has 18 heavy (non-hydrogen) atoms. The molecule has 92 valence electrons. The smallest absolute Gasteiger partial charge is 0.196 e. The van der Waals surface area contributed by atoms with Crippen LogP contribution in [0.3, 0.4) is 0 Å². The molecule has 0 aliphatic carbocycles. The summed E-state index contributed by atoms with van der Waals surface area (Å²) >= 11 is 7.60. The summed E-state index contributed by atoms with van der Waals surface area (Å²) in [6.45, 7) is 0.627. The predicted molar refractivity (Wildman–Crippen MR) is 75.3 cm³/mol. The van der Waals surface area contributed by atoms with Crippen LogP contribution in [-0.4, -0.2) is 17.5 Å². The van der Waals surface area contributed by atoms with E-state index in [-0.39, 0.29) is 6.04 Å². The number of aliphatic imine (C=N–C) groups is 1. The fraction of sp³-hybridized carbons (Fsp3) is 0.167. The fourth-order valence-corrected chi connectivity index (χ4v) is 2.83. The van der Waals surface area contributed by atoms with E-state index in [1.54, 1.807) is 11.3 Å². The molecule has 0 bridgehead atoms. The summed E-state index contributed by atoms with van der Waals surface area (Å²) in [7, 11) is 0. The summed E-state index contributed by atoms with van der Waals surface area (Å²) in [5.74, 6) is 0.510. The van der Waals surface area contributed by atoms with E-state index >= 15 is 0 Å². The van der Waals surface area contributed by atoms with E-state index in [1.807, 2.05) is 40.1 Å². The first-order valence-electron chi connectivity index (χ1n) is 5.48. The predicted octanol–water partition coefficient (Wildman–Crippen LogP) is 2.67. The molecule has 2 heterocycles. The van der Waals surface area contributed by atoms with Crippen molar-refractivity contribution >= 4 is 34.6 Å². The second kappa shape index (κ2) is 4.59. The van der Waals surface area contributed by atoms with Gasteiger partial charge in [0.1, 0.15) is 0 Å². The van der Waals surface area contributed by atoms with E-state index in [4.69, 9.17) is 17.3 Å². The fourth-order valence-electron chi connectivity index (χ4n) is 2.05. The van der Waals surface area contributed by atoms with Crippen molar-refractivity contribution in [1.82, 2.24) is 4.98 Å². The highest BCUT2D eigenvalue weighted by Gasteiger charge is 2.30. The zero-order valence-corrected chi connectivity index (χ0v) is 11.0. The number of rotatable bonds is 2. The van der Waals surface area contributed by atoms with E-state index in [9.17, 15) is 0 Å². The molecule has 0 radical (unpaired) electrons. The number of aromatic nitrogens is 1. The lowest BCUT2D eigenvalue weighted by Gasteiger charge is -2.25. The van der Waals surface area contributed by atoms with Gasteiger partial charge in [0.15, 0.2) is 5.96 Å². The molecule has 0 spiro atoms. The summed E-state index contributed by atoms with van der Waals surface area (Å²) in [5.41, 5.74) is 9.72. The summed E-state index contributed by atoms with van der Waals surface area (Å²) < 4.78 is 0. The minimum Gasteiger partial charge on any atom is -0.369 e. The SMILES string of the molecule is NC1=NCC(c2cscn2)N1c1cccc(Cl)c1. The van der Waals surface area contributed by atoms with Gasteiger partial charge in [0.05, 0.1) is 23.8 Å². The van der Waals surface area contributed by atoms with Crippen molar-refractivity contribution in [2.45, 2.75) is 6.04 Å². The number of halogens is 1. The highest BCUT2D eigenvalue weighted by Crippen LogP contribution is 2.31. The van der Waals surface area contributed by atoms with Crippen molar-refractivity contribution in [3.05, 3.63) is 45.9 Å². The van der Waals surface area contributed by atoms with Gasteiger partial charge in [-0.2, -0.15) is 0 Å². The van der Waals surface area contributed by atoms with Gasteiger partial charge in [-0.05, 0) is 18.2 Å². The molecule has 6 heteroatoms. The lowest BCUT2D eigenvalue weighted by Crippen LogP contribution is -2.36. The van der Waals surface area contributed by atoms with E-state index in [1.165, 1.54) is 0 Å². The van der Waals surface area contributed by atoms with Crippen LogP contribution in [-0.2, 0) is 0 Å². The van der Waals surface area contributed by atoms with Crippen LogP contribution in [0.4, 0.5) is 5.69 Å². The van der Waals surface area contributed by atoms with Gasteiger partial charge in [-0.25, -0.2) is 4.98 Å². The van der Waals surface area contributed by atoms with Gasteiger partial charge in [-0.1, -0.05) is 17.7 Å². The van der Waals surface area contributed by atoms with Crippen molar-refractivity contribution in [2.24, 2.45) is 10.7 Å². The Morgan fingerprint density at radius 3 is 3.06 bits per heavy atom. The number of hydrogen-bond acceptors (Lipinski definition) is 5. The van der Waals surface area contributed by atoms with Gasteiger partial charge in [-0.3, -0.25) is 4.99 Å². The van der Waals surface area contributed by atoms with Crippen LogP contribution in [0.15, 0.2) is 40.1 Å². The number of hydrogen-bond donors (Lipinski definition) is 1. The monoisotopic (exact) mass is 278 g/mol. The molecule has 3 rings (SSSR count). The molecule has 2 aromatic rings. The third kappa shape index (κ3) is 1.95. The average molecular weight is 279 g/mol. The molecular weight excluding hydrogens is 268 g/mol. The summed E-state index contributed by atoms with van der Waals surface area (Å²) in [6, 6.07) is 7.66. The van der Waals surface area contributed by atoms with Crippen molar-refractivity contribution in [1.29, 1.82) is 0 Å². The zero-order valence-electron chi connectivity index (χ0n) is 9.45. The molecular formula is C12H11ClN4S. The molecule has 0 fully saturated rings. The van der Waals surface area contributed by atoms with Crippen molar-refractivity contribution in [2.75, 3.05) is 11.4 Å². The standard InChI is InChI=1S/C12H11ClN4S/c13-8-2-1-3-9(4-8)17-11(5-15-12(17)14)10-6-18-7-16-10/h1-4,6-7,11H,5H2,(H2,14,15). The van der Waals surface area contributed by atoms with Crippen LogP contribution in [0.25, 0.3) is 0 Å². The van der Waals surface area contributed by atoms with Crippen LogP contribution in [0.2, 0.25) is 5.02 Å². The number of nitrogens with two attached hydrogens (primary N) is 1. The van der Waals surface area contributed by atoms with Crippen LogP contribution in [0.1, 0.15) is 11.7 Å². The number of guanidine groups is 1. The summed E-state index contributed by atoms with van der Waals surface area (Å²) in [4.78, 5) is 10.6. The lowest BCUT2D eigenvalue weighted by atomic mass is 10.2.